The zero-order chi connectivity index (χ0) is 10.1. The smallest absolute Gasteiger partial charge is 0.162 e. The Labute approximate surface area is 84.7 Å². The van der Waals surface area contributed by atoms with Gasteiger partial charge in [0, 0.05) is 18.4 Å². The van der Waals surface area contributed by atoms with Crippen LogP contribution in [0.2, 0.25) is 6.04 Å². The molecule has 0 amide bonds. The largest absolute Gasteiger partial charge is 0.422 e. The molecule has 2 nitrogen and oxygen atoms in total. The fourth-order valence-corrected chi connectivity index (χ4v) is 1.98. The molecule has 0 aliphatic heterocycles. The van der Waals surface area contributed by atoms with Gasteiger partial charge in [-0.15, -0.1) is 0 Å². The Morgan fingerprint density at radius 3 is 2.69 bits per heavy atom. The molecule has 0 radical (unpaired) electrons. The molecule has 0 N–H and O–H groups in total. The molecule has 0 aliphatic carbocycles. The first kappa shape index (κ1) is 12.8. The average molecular weight is 201 g/mol. The molecule has 0 aromatic heterocycles. The van der Waals surface area contributed by atoms with Gasteiger partial charge in [0.1, 0.15) is 0 Å². The van der Waals surface area contributed by atoms with Gasteiger partial charge in [-0.1, -0.05) is 6.92 Å². The summed E-state index contributed by atoms with van der Waals surface area (Å²) < 4.78 is 5.57. The lowest BCUT2D eigenvalue weighted by atomic mass is 10.3. The minimum atomic E-state index is -0.257. The van der Waals surface area contributed by atoms with Gasteiger partial charge in [0.15, 0.2) is 9.76 Å². The second-order valence-corrected chi connectivity index (χ2v) is 5.05. The third kappa shape index (κ3) is 9.76. The number of rotatable bonds is 7. The van der Waals surface area contributed by atoms with Crippen molar-refractivity contribution in [2.75, 3.05) is 6.54 Å². The second-order valence-electron chi connectivity index (χ2n) is 3.60. The molecule has 0 spiro atoms. The Balaban J connectivity index is 3.17. The summed E-state index contributed by atoms with van der Waals surface area (Å²) in [6, 6.07) is 1.26. The van der Waals surface area contributed by atoms with Gasteiger partial charge in [-0.3, -0.25) is 4.99 Å². The number of aliphatic imine (C=N–C) groups is 1. The lowest BCUT2D eigenvalue weighted by Crippen LogP contribution is -2.07. The molecule has 0 saturated heterocycles. The highest BCUT2D eigenvalue weighted by atomic mass is 28.2. The second kappa shape index (κ2) is 8.45. The Hall–Kier alpha value is -0.153. The summed E-state index contributed by atoms with van der Waals surface area (Å²) in [6.45, 7) is 9.45. The first-order valence-corrected chi connectivity index (χ1v) is 6.86. The monoisotopic (exact) mass is 201 g/mol. The van der Waals surface area contributed by atoms with Crippen LogP contribution in [-0.4, -0.2) is 28.1 Å². The van der Waals surface area contributed by atoms with Crippen molar-refractivity contribution < 1.29 is 4.43 Å². The summed E-state index contributed by atoms with van der Waals surface area (Å²) in [6.07, 6.45) is 2.71. The van der Waals surface area contributed by atoms with Crippen molar-refractivity contribution in [3.8, 4) is 0 Å². The minimum absolute atomic E-state index is 0.257. The van der Waals surface area contributed by atoms with Crippen molar-refractivity contribution in [2.24, 2.45) is 4.99 Å². The van der Waals surface area contributed by atoms with E-state index >= 15 is 0 Å². The molecule has 3 heteroatoms. The minimum Gasteiger partial charge on any atom is -0.422 e. The molecule has 0 fully saturated rings. The van der Waals surface area contributed by atoms with Gasteiger partial charge in [-0.2, -0.15) is 0 Å². The highest BCUT2D eigenvalue weighted by Crippen LogP contribution is 1.95. The topological polar surface area (TPSA) is 21.6 Å². The molecule has 0 aliphatic rings. The van der Waals surface area contributed by atoms with Crippen LogP contribution in [0.15, 0.2) is 4.99 Å². The van der Waals surface area contributed by atoms with Crippen molar-refractivity contribution in [1.29, 1.82) is 0 Å². The number of hydrogen-bond donors (Lipinski definition) is 0. The maximum atomic E-state index is 5.57. The fourth-order valence-electron chi connectivity index (χ4n) is 0.915. The first-order valence-electron chi connectivity index (χ1n) is 5.28. The van der Waals surface area contributed by atoms with Crippen LogP contribution in [0.3, 0.4) is 0 Å². The van der Waals surface area contributed by atoms with E-state index in [9.17, 15) is 0 Å². The third-order valence-electron chi connectivity index (χ3n) is 1.90. The van der Waals surface area contributed by atoms with E-state index in [0.717, 1.165) is 13.0 Å². The maximum absolute atomic E-state index is 5.57. The fraction of sp³-hybridized carbons (Fsp3) is 0.900. The van der Waals surface area contributed by atoms with Crippen LogP contribution >= 0.6 is 0 Å². The van der Waals surface area contributed by atoms with Crippen LogP contribution in [0.4, 0.5) is 0 Å². The first-order chi connectivity index (χ1) is 6.16. The normalized spacial score (nSPS) is 13.5. The third-order valence-corrected chi connectivity index (χ3v) is 3.59. The number of nitrogens with zero attached hydrogens (tertiary/aromatic N) is 1. The van der Waals surface area contributed by atoms with E-state index < -0.39 is 0 Å². The van der Waals surface area contributed by atoms with Crippen molar-refractivity contribution in [1.82, 2.24) is 0 Å². The van der Waals surface area contributed by atoms with Gasteiger partial charge in [-0.25, -0.2) is 0 Å². The molecule has 0 aromatic rings. The zero-order valence-electron chi connectivity index (χ0n) is 9.47. The summed E-state index contributed by atoms with van der Waals surface area (Å²) in [4.78, 5) is 4.44. The molecular weight excluding hydrogens is 178 g/mol. The summed E-state index contributed by atoms with van der Waals surface area (Å²) in [5, 5.41) is 0. The highest BCUT2D eigenvalue weighted by Gasteiger charge is 1.93. The van der Waals surface area contributed by atoms with Gasteiger partial charge < -0.3 is 4.43 Å². The van der Waals surface area contributed by atoms with Gasteiger partial charge in [0.2, 0.25) is 0 Å². The summed E-state index contributed by atoms with van der Waals surface area (Å²) in [5.41, 5.74) is 1.27. The molecule has 0 aromatic carbocycles. The quantitative estimate of drug-likeness (QED) is 0.351. The van der Waals surface area contributed by atoms with E-state index in [1.807, 2.05) is 0 Å². The SMILES string of the molecule is CCC(C)=NCCC[SiH2]OC(C)C. The van der Waals surface area contributed by atoms with Crippen molar-refractivity contribution >= 4 is 15.5 Å². The van der Waals surface area contributed by atoms with Crippen LogP contribution < -0.4 is 0 Å². The zero-order valence-corrected chi connectivity index (χ0v) is 10.9. The van der Waals surface area contributed by atoms with E-state index in [1.165, 1.54) is 18.2 Å². The van der Waals surface area contributed by atoms with E-state index in [0.29, 0.717) is 6.10 Å². The van der Waals surface area contributed by atoms with Crippen LogP contribution in [0.25, 0.3) is 0 Å². The highest BCUT2D eigenvalue weighted by molar-refractivity contribution is 6.27. The molecule has 0 atom stereocenters. The van der Waals surface area contributed by atoms with Crippen LogP contribution in [-0.2, 0) is 4.43 Å². The van der Waals surface area contributed by atoms with Crippen molar-refractivity contribution in [3.05, 3.63) is 0 Å². The maximum Gasteiger partial charge on any atom is 0.162 e. The Morgan fingerprint density at radius 2 is 2.15 bits per heavy atom. The van der Waals surface area contributed by atoms with Gasteiger partial charge in [0.05, 0.1) is 0 Å². The van der Waals surface area contributed by atoms with Gasteiger partial charge in [-0.05, 0) is 39.7 Å². The molecule has 13 heavy (non-hydrogen) atoms. The molecule has 0 bridgehead atoms. The van der Waals surface area contributed by atoms with Crippen LogP contribution in [0.1, 0.15) is 40.5 Å². The van der Waals surface area contributed by atoms with Crippen molar-refractivity contribution in [2.45, 2.75) is 52.7 Å². The molecule has 0 unspecified atom stereocenters. The molecular formula is C10H23NOSi. The summed E-state index contributed by atoms with van der Waals surface area (Å²) >= 11 is 0. The summed E-state index contributed by atoms with van der Waals surface area (Å²) in [5.74, 6) is 0. The molecule has 0 rings (SSSR count). The van der Waals surface area contributed by atoms with E-state index in [4.69, 9.17) is 4.43 Å². The van der Waals surface area contributed by atoms with Crippen LogP contribution in [0, 0.1) is 0 Å². The molecule has 0 heterocycles. The molecule has 78 valence electrons. The van der Waals surface area contributed by atoms with Gasteiger partial charge in [0.25, 0.3) is 0 Å². The van der Waals surface area contributed by atoms with Crippen LogP contribution in [0.5, 0.6) is 0 Å². The number of hydrogen-bond acceptors (Lipinski definition) is 2. The lowest BCUT2D eigenvalue weighted by Gasteiger charge is -2.05. The van der Waals surface area contributed by atoms with E-state index in [-0.39, 0.29) is 9.76 Å². The average Bonchev–Trinajstić information content (AvgIpc) is 2.10. The Kier molecular flexibility index (Phi) is 8.35. The van der Waals surface area contributed by atoms with E-state index in [2.05, 4.69) is 32.7 Å². The predicted molar refractivity (Wildman–Crippen MR) is 62.5 cm³/mol. The van der Waals surface area contributed by atoms with Gasteiger partial charge >= 0.3 is 0 Å². The predicted octanol–water partition coefficient (Wildman–Crippen LogP) is 2.17. The Morgan fingerprint density at radius 1 is 1.46 bits per heavy atom. The molecule has 0 saturated carbocycles. The standard InChI is InChI=1S/C10H23NOSi/c1-5-10(4)11-7-6-8-13-12-9(2)3/h9H,5-8,13H2,1-4H3. The lowest BCUT2D eigenvalue weighted by molar-refractivity contribution is 0.255. The van der Waals surface area contributed by atoms with E-state index in [1.54, 1.807) is 0 Å². The summed E-state index contributed by atoms with van der Waals surface area (Å²) in [7, 11) is -0.257. The Bertz CT molecular complexity index is 146. The van der Waals surface area contributed by atoms with Crippen molar-refractivity contribution in [3.63, 3.8) is 0 Å².